The molecule has 2 aliphatic heterocycles. The van der Waals surface area contributed by atoms with Crippen LogP contribution >= 0.6 is 0 Å². The number of anilines is 1. The van der Waals surface area contributed by atoms with E-state index in [4.69, 9.17) is 9.52 Å². The first kappa shape index (κ1) is 23.8. The quantitative estimate of drug-likeness (QED) is 0.410. The molecule has 37 heavy (non-hydrogen) atoms. The maximum atomic E-state index is 13.2. The number of aromatic nitrogens is 4. The van der Waals surface area contributed by atoms with Gasteiger partial charge in [0, 0.05) is 52.4 Å². The number of nitrogens with zero attached hydrogens (tertiary/aromatic N) is 5. The molecule has 0 aliphatic carbocycles. The van der Waals surface area contributed by atoms with Crippen molar-refractivity contribution in [3.63, 3.8) is 0 Å². The van der Waals surface area contributed by atoms with Crippen LogP contribution in [0.4, 0.5) is 5.69 Å². The van der Waals surface area contributed by atoms with Gasteiger partial charge in [0.15, 0.2) is 5.69 Å². The number of benzene rings is 1. The molecule has 192 valence electrons. The Morgan fingerprint density at radius 3 is 2.62 bits per heavy atom. The molecule has 1 amide bonds. The Labute approximate surface area is 215 Å². The van der Waals surface area contributed by atoms with E-state index >= 15 is 0 Å². The van der Waals surface area contributed by atoms with Crippen LogP contribution in [-0.4, -0.2) is 54.8 Å². The average Bonchev–Trinajstić information content (AvgIpc) is 3.54. The number of fused-ring (bicyclic) bond motifs is 3. The molecular weight excluding hydrogens is 468 g/mol. The number of hydrogen-bond acceptors (Lipinski definition) is 7. The first-order valence-electron chi connectivity index (χ1n) is 12.8. The summed E-state index contributed by atoms with van der Waals surface area (Å²) >= 11 is 0. The largest absolute Gasteiger partial charge is 0.444 e. The van der Waals surface area contributed by atoms with Crippen LogP contribution in [0, 0.1) is 6.92 Å². The van der Waals surface area contributed by atoms with Crippen molar-refractivity contribution in [2.75, 3.05) is 12.4 Å². The van der Waals surface area contributed by atoms with Crippen molar-refractivity contribution in [2.24, 2.45) is 0 Å². The van der Waals surface area contributed by atoms with Gasteiger partial charge < -0.3 is 19.7 Å². The lowest BCUT2D eigenvalue weighted by Crippen LogP contribution is -2.40. The molecule has 2 bridgehead atoms. The molecule has 9 heteroatoms. The minimum Gasteiger partial charge on any atom is -0.444 e. The number of aliphatic hydroxyl groups is 1. The number of rotatable bonds is 5. The summed E-state index contributed by atoms with van der Waals surface area (Å²) in [7, 11) is 2.23. The number of hydrogen-bond donors (Lipinski definition) is 2. The molecule has 2 atom stereocenters. The molecule has 0 saturated carbocycles. The van der Waals surface area contributed by atoms with Crippen molar-refractivity contribution in [1.29, 1.82) is 0 Å². The lowest BCUT2D eigenvalue weighted by Gasteiger charge is -2.36. The molecule has 2 saturated heterocycles. The number of pyridine rings is 1. The topological polar surface area (TPSA) is 109 Å². The highest BCUT2D eigenvalue weighted by Crippen LogP contribution is 2.40. The number of nitrogens with one attached hydrogen (secondary N) is 1. The van der Waals surface area contributed by atoms with E-state index in [-0.39, 0.29) is 5.69 Å². The number of amides is 1. The van der Waals surface area contributed by atoms with Crippen LogP contribution in [0.5, 0.6) is 0 Å². The first-order chi connectivity index (χ1) is 17.7. The highest BCUT2D eigenvalue weighted by atomic mass is 16.3. The number of piperidine rings is 1. The Kier molecular flexibility index (Phi) is 5.65. The summed E-state index contributed by atoms with van der Waals surface area (Å²) in [5, 5.41) is 19.7. The molecule has 3 aromatic heterocycles. The van der Waals surface area contributed by atoms with E-state index in [9.17, 15) is 9.90 Å². The maximum Gasteiger partial charge on any atom is 0.277 e. The van der Waals surface area contributed by atoms with Gasteiger partial charge >= 0.3 is 0 Å². The van der Waals surface area contributed by atoms with Gasteiger partial charge in [-0.25, -0.2) is 4.98 Å². The van der Waals surface area contributed by atoms with Gasteiger partial charge in [0.25, 0.3) is 5.91 Å². The predicted octanol–water partition coefficient (Wildman–Crippen LogP) is 4.67. The molecule has 2 aliphatic rings. The van der Waals surface area contributed by atoms with Crippen molar-refractivity contribution in [1.82, 2.24) is 24.6 Å². The summed E-state index contributed by atoms with van der Waals surface area (Å²) in [6.07, 6.45) is 9.77. The van der Waals surface area contributed by atoms with E-state index in [1.807, 2.05) is 25.1 Å². The van der Waals surface area contributed by atoms with Gasteiger partial charge in [-0.15, -0.1) is 0 Å². The molecule has 9 nitrogen and oxygen atoms in total. The Hall–Kier alpha value is -3.56. The Morgan fingerprint density at radius 1 is 1.16 bits per heavy atom. The van der Waals surface area contributed by atoms with E-state index in [1.165, 1.54) is 19.1 Å². The summed E-state index contributed by atoms with van der Waals surface area (Å²) in [5.41, 5.74) is 2.48. The van der Waals surface area contributed by atoms with Crippen LogP contribution in [0.2, 0.25) is 0 Å². The summed E-state index contributed by atoms with van der Waals surface area (Å²) in [6.45, 7) is 5.29. The van der Waals surface area contributed by atoms with Gasteiger partial charge in [0.2, 0.25) is 5.89 Å². The third-order valence-electron chi connectivity index (χ3n) is 7.90. The molecular formula is C28H32N6O3. The molecule has 2 N–H and O–H groups in total. The highest BCUT2D eigenvalue weighted by Gasteiger charge is 2.39. The third-order valence-corrected chi connectivity index (χ3v) is 7.90. The second-order valence-electron chi connectivity index (χ2n) is 11.0. The predicted molar refractivity (Wildman–Crippen MR) is 140 cm³/mol. The first-order valence-corrected chi connectivity index (χ1v) is 12.8. The van der Waals surface area contributed by atoms with Crippen LogP contribution in [0.3, 0.4) is 0 Å². The Balaban J connectivity index is 1.29. The van der Waals surface area contributed by atoms with Crippen LogP contribution in [-0.2, 0) is 5.60 Å². The lowest BCUT2D eigenvalue weighted by molar-refractivity contribution is 0.0793. The van der Waals surface area contributed by atoms with Crippen molar-refractivity contribution < 1.29 is 14.3 Å². The molecule has 5 heterocycles. The van der Waals surface area contributed by atoms with Crippen molar-refractivity contribution in [3.05, 3.63) is 59.9 Å². The Bertz CT molecular complexity index is 1470. The molecule has 6 rings (SSSR count). The molecule has 0 spiro atoms. The number of oxazole rings is 1. The normalized spacial score (nSPS) is 22.0. The number of aryl methyl sites for hydroxylation is 1. The fourth-order valence-corrected chi connectivity index (χ4v) is 5.86. The number of carbonyl (C=O) groups is 1. The van der Waals surface area contributed by atoms with Crippen LogP contribution in [0.25, 0.3) is 22.4 Å². The zero-order valence-electron chi connectivity index (χ0n) is 21.6. The second-order valence-corrected chi connectivity index (χ2v) is 11.0. The van der Waals surface area contributed by atoms with E-state index in [2.05, 4.69) is 38.1 Å². The van der Waals surface area contributed by atoms with Crippen molar-refractivity contribution in [2.45, 2.75) is 70.2 Å². The fourth-order valence-electron chi connectivity index (χ4n) is 5.86. The lowest BCUT2D eigenvalue weighted by atomic mass is 9.95. The standard InChI is InChI=1S/C28H32N6O3/c1-16-9-17(7-8-29-16)27-31-25(15-37-27)26(35)30-24-10-18-14-34(32-23(18)13-22(24)28(2,3)36)21-11-19-5-6-20(12-21)33(19)4/h7-10,13-15,19-21,36H,5-6,11-12H2,1-4H3,(H,30,35). The summed E-state index contributed by atoms with van der Waals surface area (Å²) in [5.74, 6) is -0.0629. The zero-order valence-corrected chi connectivity index (χ0v) is 21.6. The average molecular weight is 501 g/mol. The van der Waals surface area contributed by atoms with Crippen molar-refractivity contribution in [3.8, 4) is 11.5 Å². The highest BCUT2D eigenvalue weighted by molar-refractivity contribution is 6.04. The second kappa shape index (κ2) is 8.78. The van der Waals surface area contributed by atoms with E-state index < -0.39 is 11.5 Å². The third kappa shape index (κ3) is 4.42. The minimum atomic E-state index is -1.18. The SMILES string of the molecule is Cc1cc(-c2nc(C(=O)Nc3cc4cn(C5CC6CCC(C5)N6C)nc4cc3C(C)(C)O)co2)ccn1. The van der Waals surface area contributed by atoms with Crippen LogP contribution in [0.15, 0.2) is 47.3 Å². The molecule has 0 radical (unpaired) electrons. The van der Waals surface area contributed by atoms with E-state index in [0.29, 0.717) is 35.3 Å². The molecule has 1 aromatic carbocycles. The van der Waals surface area contributed by atoms with Gasteiger partial charge in [-0.1, -0.05) is 0 Å². The number of carbonyl (C=O) groups excluding carboxylic acids is 1. The van der Waals surface area contributed by atoms with E-state index in [0.717, 1.165) is 35.0 Å². The summed E-state index contributed by atoms with van der Waals surface area (Å²) < 4.78 is 7.65. The fraction of sp³-hybridized carbons (Fsp3) is 0.429. The van der Waals surface area contributed by atoms with E-state index in [1.54, 1.807) is 26.1 Å². The molecule has 4 aromatic rings. The summed E-state index contributed by atoms with van der Waals surface area (Å²) in [6, 6.07) is 8.98. The minimum absolute atomic E-state index is 0.156. The smallest absolute Gasteiger partial charge is 0.277 e. The van der Waals surface area contributed by atoms with Gasteiger partial charge in [0.1, 0.15) is 6.26 Å². The van der Waals surface area contributed by atoms with Crippen LogP contribution in [0.1, 0.15) is 67.3 Å². The zero-order chi connectivity index (χ0) is 25.9. The van der Waals surface area contributed by atoms with Gasteiger partial charge in [-0.3, -0.25) is 14.5 Å². The van der Waals surface area contributed by atoms with Gasteiger partial charge in [-0.05, 0) is 77.8 Å². The van der Waals surface area contributed by atoms with Crippen LogP contribution < -0.4 is 5.32 Å². The molecule has 2 fully saturated rings. The maximum absolute atomic E-state index is 13.2. The Morgan fingerprint density at radius 2 is 1.92 bits per heavy atom. The molecule has 2 unspecified atom stereocenters. The van der Waals surface area contributed by atoms with Gasteiger partial charge in [0.05, 0.1) is 17.2 Å². The monoisotopic (exact) mass is 500 g/mol. The summed E-state index contributed by atoms with van der Waals surface area (Å²) in [4.78, 5) is 24.2. The van der Waals surface area contributed by atoms with Crippen molar-refractivity contribution >= 4 is 22.5 Å². The van der Waals surface area contributed by atoms with Gasteiger partial charge in [-0.2, -0.15) is 5.10 Å².